The highest BCUT2D eigenvalue weighted by atomic mass is 16.5. The van der Waals surface area contributed by atoms with Gasteiger partial charge in [-0.1, -0.05) is 68.5 Å². The number of benzene rings is 2. The quantitative estimate of drug-likeness (QED) is 0.494. The minimum absolute atomic E-state index is 0.0482. The Morgan fingerprint density at radius 2 is 1.64 bits per heavy atom. The summed E-state index contributed by atoms with van der Waals surface area (Å²) in [4.78, 5) is 45.9. The average Bonchev–Trinajstić information content (AvgIpc) is 3.47. The number of carbonyl (C=O) groups is 3. The molecular formula is C31H36N4O4. The van der Waals surface area contributed by atoms with Crippen molar-refractivity contribution in [3.8, 4) is 5.88 Å². The van der Waals surface area contributed by atoms with Crippen molar-refractivity contribution in [2.24, 2.45) is 11.7 Å². The standard InChI is InChI=1S/C31H36N4O4/c32-30(38)31-18-20(31)11-5-3-1-2-4-6-16-27(36)35-19-21(17-26(35)28(37)34-31)39-29-24-14-8-7-12-22(24)23-13-9-10-15-25(23)33-29/h7-10,12-15,20-21,26H,1-6,11,16-19H2,(H2,32,38)(H,34,37). The molecule has 1 aromatic heterocycles. The highest BCUT2D eigenvalue weighted by Gasteiger charge is 2.60. The number of para-hydroxylation sites is 1. The predicted molar refractivity (Wildman–Crippen MR) is 149 cm³/mol. The molecule has 8 heteroatoms. The molecule has 2 aromatic carbocycles. The van der Waals surface area contributed by atoms with Crippen LogP contribution in [0.25, 0.3) is 21.7 Å². The molecule has 2 aliphatic heterocycles. The molecule has 204 valence electrons. The van der Waals surface area contributed by atoms with E-state index >= 15 is 0 Å². The van der Waals surface area contributed by atoms with Gasteiger partial charge in [0, 0.05) is 23.6 Å². The Hall–Kier alpha value is -3.68. The van der Waals surface area contributed by atoms with Gasteiger partial charge in [0.15, 0.2) is 0 Å². The first-order valence-corrected chi connectivity index (χ1v) is 14.3. The second-order valence-electron chi connectivity index (χ2n) is 11.4. The van der Waals surface area contributed by atoms with Crippen LogP contribution in [0, 0.1) is 5.92 Å². The van der Waals surface area contributed by atoms with Crippen LogP contribution in [-0.4, -0.2) is 51.8 Å². The van der Waals surface area contributed by atoms with E-state index in [-0.39, 0.29) is 17.7 Å². The Kier molecular flexibility index (Phi) is 6.87. The summed E-state index contributed by atoms with van der Waals surface area (Å²) in [5.41, 5.74) is 5.62. The first-order chi connectivity index (χ1) is 19.0. The van der Waals surface area contributed by atoms with Gasteiger partial charge in [-0.05, 0) is 42.7 Å². The van der Waals surface area contributed by atoms with Crippen LogP contribution in [0.5, 0.6) is 5.88 Å². The van der Waals surface area contributed by atoms with Gasteiger partial charge in [0.05, 0.1) is 12.1 Å². The normalized spacial score (nSPS) is 28.2. The Morgan fingerprint density at radius 1 is 0.949 bits per heavy atom. The maximum Gasteiger partial charge on any atom is 0.243 e. The maximum absolute atomic E-state index is 13.6. The van der Waals surface area contributed by atoms with Crippen LogP contribution in [0.1, 0.15) is 64.2 Å². The predicted octanol–water partition coefficient (Wildman–Crippen LogP) is 4.23. The van der Waals surface area contributed by atoms with Crippen LogP contribution in [0.2, 0.25) is 0 Å². The van der Waals surface area contributed by atoms with Gasteiger partial charge < -0.3 is 20.7 Å². The molecule has 0 spiro atoms. The Morgan fingerprint density at radius 3 is 2.44 bits per heavy atom. The fourth-order valence-electron chi connectivity index (χ4n) is 6.54. The Labute approximate surface area is 228 Å². The average molecular weight is 529 g/mol. The maximum atomic E-state index is 13.6. The van der Waals surface area contributed by atoms with Crippen LogP contribution in [0.15, 0.2) is 48.5 Å². The van der Waals surface area contributed by atoms with E-state index in [9.17, 15) is 14.4 Å². The van der Waals surface area contributed by atoms with E-state index in [2.05, 4.69) is 11.4 Å². The second kappa shape index (κ2) is 10.5. The summed E-state index contributed by atoms with van der Waals surface area (Å²) in [6.07, 6.45) is 7.91. The van der Waals surface area contributed by atoms with Gasteiger partial charge in [-0.3, -0.25) is 14.4 Å². The lowest BCUT2D eigenvalue weighted by Gasteiger charge is -2.26. The third kappa shape index (κ3) is 4.92. The van der Waals surface area contributed by atoms with E-state index in [1.165, 1.54) is 0 Å². The number of hydrogen-bond donors (Lipinski definition) is 2. The monoisotopic (exact) mass is 528 g/mol. The molecule has 0 bridgehead atoms. The first kappa shape index (κ1) is 25.6. The van der Waals surface area contributed by atoms with E-state index in [1.54, 1.807) is 4.90 Å². The van der Waals surface area contributed by atoms with E-state index in [0.29, 0.717) is 31.7 Å². The lowest BCUT2D eigenvalue weighted by Crippen LogP contribution is -2.54. The number of rotatable bonds is 3. The van der Waals surface area contributed by atoms with E-state index in [1.807, 2.05) is 42.5 Å². The molecule has 3 amide bonds. The number of pyridine rings is 1. The molecule has 4 atom stereocenters. The topological polar surface area (TPSA) is 115 Å². The van der Waals surface area contributed by atoms with Crippen molar-refractivity contribution in [3.63, 3.8) is 0 Å². The van der Waals surface area contributed by atoms with Gasteiger partial charge in [0.25, 0.3) is 0 Å². The van der Waals surface area contributed by atoms with Gasteiger partial charge in [-0.25, -0.2) is 4.98 Å². The molecule has 3 N–H and O–H groups in total. The summed E-state index contributed by atoms with van der Waals surface area (Å²) in [5, 5.41) is 5.97. The minimum Gasteiger partial charge on any atom is -0.472 e. The molecule has 39 heavy (non-hydrogen) atoms. The van der Waals surface area contributed by atoms with Crippen molar-refractivity contribution in [2.75, 3.05) is 6.54 Å². The number of primary amides is 1. The molecular weight excluding hydrogens is 492 g/mol. The lowest BCUT2D eigenvalue weighted by atomic mass is 10.0. The summed E-state index contributed by atoms with van der Waals surface area (Å²) in [6.45, 7) is 0.298. The van der Waals surface area contributed by atoms with Crippen LogP contribution in [-0.2, 0) is 14.4 Å². The lowest BCUT2D eigenvalue weighted by molar-refractivity contribution is -0.139. The second-order valence-corrected chi connectivity index (χ2v) is 11.4. The smallest absolute Gasteiger partial charge is 0.243 e. The zero-order valence-corrected chi connectivity index (χ0v) is 22.2. The summed E-state index contributed by atoms with van der Waals surface area (Å²) in [6, 6.07) is 15.2. The van der Waals surface area contributed by atoms with E-state index in [0.717, 1.165) is 66.6 Å². The highest BCUT2D eigenvalue weighted by Crippen LogP contribution is 2.47. The van der Waals surface area contributed by atoms with E-state index in [4.69, 9.17) is 15.5 Å². The molecule has 3 aromatic rings. The van der Waals surface area contributed by atoms with Crippen molar-refractivity contribution < 1.29 is 19.1 Å². The van der Waals surface area contributed by atoms with Crippen LogP contribution < -0.4 is 15.8 Å². The Balaban J connectivity index is 1.28. The molecule has 1 saturated carbocycles. The van der Waals surface area contributed by atoms with Crippen LogP contribution >= 0.6 is 0 Å². The summed E-state index contributed by atoms with van der Waals surface area (Å²) >= 11 is 0. The van der Waals surface area contributed by atoms with Gasteiger partial charge in [0.2, 0.25) is 23.6 Å². The number of fused-ring (bicyclic) bond motifs is 5. The SMILES string of the molecule is NC(=O)C12CC1CCCCCCCCC(=O)N1CC(Oc3nc4ccccc4c4ccccc34)CC1C(=O)N2. The van der Waals surface area contributed by atoms with Crippen molar-refractivity contribution in [2.45, 2.75) is 81.9 Å². The molecule has 2 saturated heterocycles. The van der Waals surface area contributed by atoms with Crippen LogP contribution in [0.3, 0.4) is 0 Å². The summed E-state index contributed by atoms with van der Waals surface area (Å²) in [7, 11) is 0. The molecule has 4 unspecified atom stereocenters. The number of nitrogens with one attached hydrogen (secondary N) is 1. The first-order valence-electron chi connectivity index (χ1n) is 14.3. The number of nitrogens with two attached hydrogens (primary N) is 1. The van der Waals surface area contributed by atoms with Crippen molar-refractivity contribution >= 4 is 39.4 Å². The summed E-state index contributed by atoms with van der Waals surface area (Å²) in [5.74, 6) is -0.286. The molecule has 6 rings (SSSR count). The third-order valence-electron chi connectivity index (χ3n) is 8.82. The van der Waals surface area contributed by atoms with E-state index < -0.39 is 23.6 Å². The molecule has 3 fully saturated rings. The molecule has 3 heterocycles. The van der Waals surface area contributed by atoms with Gasteiger partial charge in [0.1, 0.15) is 17.7 Å². The van der Waals surface area contributed by atoms with Gasteiger partial charge >= 0.3 is 0 Å². The number of ether oxygens (including phenoxy) is 1. The van der Waals surface area contributed by atoms with Gasteiger partial charge in [-0.2, -0.15) is 0 Å². The van der Waals surface area contributed by atoms with Gasteiger partial charge in [-0.15, -0.1) is 0 Å². The minimum atomic E-state index is -0.999. The van der Waals surface area contributed by atoms with Crippen molar-refractivity contribution in [1.29, 1.82) is 0 Å². The number of carbonyl (C=O) groups excluding carboxylic acids is 3. The molecule has 8 nitrogen and oxygen atoms in total. The number of nitrogens with zero attached hydrogens (tertiary/aromatic N) is 2. The summed E-state index contributed by atoms with van der Waals surface area (Å²) < 4.78 is 6.47. The number of amides is 3. The fourth-order valence-corrected chi connectivity index (χ4v) is 6.54. The fraction of sp³-hybridized carbons (Fsp3) is 0.484. The number of aromatic nitrogens is 1. The molecule has 1 aliphatic carbocycles. The third-order valence-corrected chi connectivity index (χ3v) is 8.82. The zero-order valence-electron chi connectivity index (χ0n) is 22.2. The zero-order chi connectivity index (χ0) is 27.0. The van der Waals surface area contributed by atoms with Crippen molar-refractivity contribution in [1.82, 2.24) is 15.2 Å². The Bertz CT molecular complexity index is 1420. The highest BCUT2D eigenvalue weighted by molar-refractivity contribution is 6.07. The van der Waals surface area contributed by atoms with Crippen LogP contribution in [0.4, 0.5) is 0 Å². The largest absolute Gasteiger partial charge is 0.472 e. The molecule has 0 radical (unpaired) electrons. The number of hydrogen-bond acceptors (Lipinski definition) is 5. The molecule has 3 aliphatic rings. The van der Waals surface area contributed by atoms with Crippen molar-refractivity contribution in [3.05, 3.63) is 48.5 Å².